The average Bonchev–Trinajstić information content (AvgIpc) is 2.35. The molecule has 0 saturated heterocycles. The van der Waals surface area contributed by atoms with Crippen LogP contribution in [0.3, 0.4) is 0 Å². The van der Waals surface area contributed by atoms with Gasteiger partial charge in [-0.15, -0.1) is 0 Å². The Kier molecular flexibility index (Phi) is 4.25. The zero-order chi connectivity index (χ0) is 13.8. The molecule has 1 rings (SSSR count). The van der Waals surface area contributed by atoms with Crippen LogP contribution in [0, 0.1) is 5.41 Å². The molecule has 0 aliphatic heterocycles. The topological polar surface area (TPSA) is 91.3 Å². The fraction of sp³-hybridized carbons (Fsp3) is 0.417. The number of nitrogens with one attached hydrogen (secondary N) is 2. The van der Waals surface area contributed by atoms with Crippen molar-refractivity contribution in [3.8, 4) is 5.75 Å². The minimum atomic E-state index is -0.700. The van der Waals surface area contributed by atoms with Crippen molar-refractivity contribution >= 4 is 11.8 Å². The molecule has 0 aliphatic carbocycles. The zero-order valence-electron chi connectivity index (χ0n) is 10.7. The van der Waals surface area contributed by atoms with Gasteiger partial charge in [-0.05, 0) is 19.9 Å². The van der Waals surface area contributed by atoms with Gasteiger partial charge in [0.05, 0.1) is 17.2 Å². The highest BCUT2D eigenvalue weighted by molar-refractivity contribution is 5.94. The van der Waals surface area contributed by atoms with Crippen molar-refractivity contribution in [3.63, 3.8) is 0 Å². The predicted molar refractivity (Wildman–Crippen MR) is 66.1 cm³/mol. The van der Waals surface area contributed by atoms with Crippen molar-refractivity contribution in [2.24, 2.45) is 5.41 Å². The summed E-state index contributed by atoms with van der Waals surface area (Å²) in [5.74, 6) is -0.611. The minimum absolute atomic E-state index is 0.0757. The molecule has 2 amide bonds. The first kappa shape index (κ1) is 14.0. The number of carbonyl (C=O) groups is 2. The molecule has 18 heavy (non-hydrogen) atoms. The Morgan fingerprint density at radius 3 is 2.61 bits per heavy atom. The van der Waals surface area contributed by atoms with Gasteiger partial charge in [0.15, 0.2) is 0 Å². The third kappa shape index (κ3) is 3.44. The third-order valence-corrected chi connectivity index (χ3v) is 2.52. The third-order valence-electron chi connectivity index (χ3n) is 2.52. The Bertz CT molecular complexity index is 458. The Morgan fingerprint density at radius 1 is 1.39 bits per heavy atom. The lowest BCUT2D eigenvalue weighted by Gasteiger charge is -2.22. The summed E-state index contributed by atoms with van der Waals surface area (Å²) < 4.78 is 0. The second kappa shape index (κ2) is 5.48. The van der Waals surface area contributed by atoms with Crippen molar-refractivity contribution in [2.75, 3.05) is 13.6 Å². The number of rotatable bonds is 4. The van der Waals surface area contributed by atoms with Crippen LogP contribution in [-0.4, -0.2) is 35.5 Å². The van der Waals surface area contributed by atoms with Gasteiger partial charge in [-0.1, -0.05) is 0 Å². The molecule has 0 unspecified atom stereocenters. The average molecular weight is 251 g/mol. The predicted octanol–water partition coefficient (Wildman–Crippen LogP) is 0.289. The number of nitrogens with zero attached hydrogens (tertiary/aromatic N) is 1. The van der Waals surface area contributed by atoms with Crippen molar-refractivity contribution < 1.29 is 14.7 Å². The van der Waals surface area contributed by atoms with Crippen LogP contribution in [0.2, 0.25) is 0 Å². The molecular formula is C12H17N3O3. The number of pyridine rings is 1. The number of aromatic hydroxyl groups is 1. The fourth-order valence-corrected chi connectivity index (χ4v) is 1.37. The molecule has 6 nitrogen and oxygen atoms in total. The van der Waals surface area contributed by atoms with E-state index in [1.165, 1.54) is 18.5 Å². The van der Waals surface area contributed by atoms with Gasteiger partial charge < -0.3 is 15.7 Å². The van der Waals surface area contributed by atoms with Crippen LogP contribution >= 0.6 is 0 Å². The van der Waals surface area contributed by atoms with E-state index in [1.54, 1.807) is 20.9 Å². The summed E-state index contributed by atoms with van der Waals surface area (Å²) in [6, 6.07) is 1.31. The molecule has 6 heteroatoms. The lowest BCUT2D eigenvalue weighted by molar-refractivity contribution is -0.128. The van der Waals surface area contributed by atoms with Gasteiger partial charge in [0.2, 0.25) is 5.91 Å². The van der Waals surface area contributed by atoms with E-state index in [0.717, 1.165) is 0 Å². The number of hydrogen-bond acceptors (Lipinski definition) is 4. The van der Waals surface area contributed by atoms with Gasteiger partial charge in [0, 0.05) is 19.8 Å². The first-order chi connectivity index (χ1) is 8.36. The van der Waals surface area contributed by atoms with Crippen LogP contribution < -0.4 is 10.6 Å². The van der Waals surface area contributed by atoms with Crippen LogP contribution in [0.4, 0.5) is 0 Å². The van der Waals surface area contributed by atoms with Crippen LogP contribution in [0.1, 0.15) is 24.2 Å². The normalized spacial score (nSPS) is 10.8. The fourth-order valence-electron chi connectivity index (χ4n) is 1.37. The highest BCUT2D eigenvalue weighted by Gasteiger charge is 2.27. The molecule has 1 heterocycles. The van der Waals surface area contributed by atoms with E-state index in [0.29, 0.717) is 0 Å². The summed E-state index contributed by atoms with van der Waals surface area (Å²) in [5.41, 5.74) is -0.447. The van der Waals surface area contributed by atoms with Crippen molar-refractivity contribution in [2.45, 2.75) is 13.8 Å². The highest BCUT2D eigenvalue weighted by Crippen LogP contribution is 2.14. The van der Waals surface area contributed by atoms with Crippen molar-refractivity contribution in [1.82, 2.24) is 15.6 Å². The zero-order valence-corrected chi connectivity index (χ0v) is 10.7. The standard InChI is InChI=1S/C12H17N3O3/c1-12(2,11(18)13-3)7-15-10(17)8-4-9(16)6-14-5-8/h4-6,16H,7H2,1-3H3,(H,13,18)(H,15,17). The van der Waals surface area contributed by atoms with Gasteiger partial charge in [-0.2, -0.15) is 0 Å². The monoisotopic (exact) mass is 251 g/mol. The molecule has 98 valence electrons. The summed E-state index contributed by atoms with van der Waals surface area (Å²) in [6.45, 7) is 3.65. The lowest BCUT2D eigenvalue weighted by atomic mass is 9.92. The van der Waals surface area contributed by atoms with Crippen LogP contribution in [-0.2, 0) is 4.79 Å². The van der Waals surface area contributed by atoms with E-state index in [9.17, 15) is 14.7 Å². The Labute approximate surface area is 105 Å². The molecule has 1 aromatic heterocycles. The van der Waals surface area contributed by atoms with E-state index in [-0.39, 0.29) is 29.7 Å². The maximum absolute atomic E-state index is 11.8. The van der Waals surface area contributed by atoms with E-state index in [1.807, 2.05) is 0 Å². The highest BCUT2D eigenvalue weighted by atomic mass is 16.3. The summed E-state index contributed by atoms with van der Waals surface area (Å²) in [7, 11) is 1.55. The molecular weight excluding hydrogens is 234 g/mol. The van der Waals surface area contributed by atoms with E-state index >= 15 is 0 Å². The molecule has 0 spiro atoms. The van der Waals surface area contributed by atoms with Crippen molar-refractivity contribution in [1.29, 1.82) is 0 Å². The van der Waals surface area contributed by atoms with Crippen molar-refractivity contribution in [3.05, 3.63) is 24.0 Å². The summed E-state index contributed by atoms with van der Waals surface area (Å²) in [5, 5.41) is 14.4. The second-order valence-electron chi connectivity index (χ2n) is 4.58. The van der Waals surface area contributed by atoms with Crippen LogP contribution in [0.15, 0.2) is 18.5 Å². The maximum atomic E-state index is 11.8. The van der Waals surface area contributed by atoms with Crippen LogP contribution in [0.25, 0.3) is 0 Å². The van der Waals surface area contributed by atoms with Gasteiger partial charge in [0.1, 0.15) is 5.75 Å². The molecule has 0 radical (unpaired) electrons. The number of aromatic nitrogens is 1. The molecule has 3 N–H and O–H groups in total. The van der Waals surface area contributed by atoms with Gasteiger partial charge in [0.25, 0.3) is 5.91 Å². The molecule has 0 saturated carbocycles. The summed E-state index contributed by atoms with van der Waals surface area (Å²) in [4.78, 5) is 27.0. The van der Waals surface area contributed by atoms with Gasteiger partial charge >= 0.3 is 0 Å². The quantitative estimate of drug-likeness (QED) is 0.717. The Morgan fingerprint density at radius 2 is 2.06 bits per heavy atom. The molecule has 0 aliphatic rings. The van der Waals surface area contributed by atoms with Crippen LogP contribution in [0.5, 0.6) is 5.75 Å². The molecule has 0 atom stereocenters. The van der Waals surface area contributed by atoms with E-state index in [2.05, 4.69) is 15.6 Å². The largest absolute Gasteiger partial charge is 0.506 e. The van der Waals surface area contributed by atoms with Gasteiger partial charge in [-0.25, -0.2) is 0 Å². The first-order valence-corrected chi connectivity index (χ1v) is 5.51. The molecule has 1 aromatic rings. The minimum Gasteiger partial charge on any atom is -0.506 e. The maximum Gasteiger partial charge on any atom is 0.253 e. The summed E-state index contributed by atoms with van der Waals surface area (Å²) >= 11 is 0. The second-order valence-corrected chi connectivity index (χ2v) is 4.58. The lowest BCUT2D eigenvalue weighted by Crippen LogP contribution is -2.43. The molecule has 0 fully saturated rings. The van der Waals surface area contributed by atoms with E-state index in [4.69, 9.17) is 0 Å². The van der Waals surface area contributed by atoms with Gasteiger partial charge in [-0.3, -0.25) is 14.6 Å². The molecule has 0 bridgehead atoms. The van der Waals surface area contributed by atoms with E-state index < -0.39 is 5.41 Å². The first-order valence-electron chi connectivity index (χ1n) is 5.51. The Balaban J connectivity index is 2.64. The number of hydrogen-bond donors (Lipinski definition) is 3. The Hall–Kier alpha value is -2.11. The number of amides is 2. The number of carbonyl (C=O) groups excluding carboxylic acids is 2. The SMILES string of the molecule is CNC(=O)C(C)(C)CNC(=O)c1cncc(O)c1. The smallest absolute Gasteiger partial charge is 0.253 e. The molecule has 0 aromatic carbocycles. The summed E-state index contributed by atoms with van der Waals surface area (Å²) in [6.07, 6.45) is 2.59.